The minimum absolute atomic E-state index is 0. The van der Waals surface area contributed by atoms with Gasteiger partial charge in [-0.3, -0.25) is 0 Å². The molecule has 0 spiro atoms. The molecule has 1 heterocycles. The van der Waals surface area contributed by atoms with Crippen LogP contribution in [-0.4, -0.2) is 24.2 Å². The minimum Gasteiger partial charge on any atom is -0.478 e. The summed E-state index contributed by atoms with van der Waals surface area (Å²) in [5.41, 5.74) is 4.94. The van der Waals surface area contributed by atoms with Gasteiger partial charge in [0, 0.05) is 6.54 Å². The maximum Gasteiger partial charge on any atom is 0.335 e. The highest BCUT2D eigenvalue weighted by Gasteiger charge is 2.14. The molecule has 0 fully saturated rings. The highest BCUT2D eigenvalue weighted by atomic mass is 35.5. The predicted molar refractivity (Wildman–Crippen MR) is 99.7 cm³/mol. The summed E-state index contributed by atoms with van der Waals surface area (Å²) in [6, 6.07) is 11.0. The number of benzene rings is 2. The lowest BCUT2D eigenvalue weighted by Gasteiger charge is -2.16. The monoisotopic (exact) mass is 366 g/mol. The summed E-state index contributed by atoms with van der Waals surface area (Å²) in [4.78, 5) is 10.9. The Labute approximate surface area is 152 Å². The lowest BCUT2D eigenvalue weighted by Crippen LogP contribution is -2.16. The molecule has 128 valence electrons. The van der Waals surface area contributed by atoms with Gasteiger partial charge in [-0.15, -0.1) is 12.4 Å². The Hall–Kier alpha value is -1.75. The van der Waals surface area contributed by atoms with Crippen molar-refractivity contribution in [3.05, 3.63) is 63.7 Å². The van der Waals surface area contributed by atoms with Gasteiger partial charge >= 0.3 is 5.97 Å². The van der Waals surface area contributed by atoms with Gasteiger partial charge in [-0.25, -0.2) is 4.79 Å². The molecule has 0 radical (unpaired) electrons. The fourth-order valence-electron chi connectivity index (χ4n) is 2.89. The highest BCUT2D eigenvalue weighted by molar-refractivity contribution is 6.33. The van der Waals surface area contributed by atoms with Crippen LogP contribution in [0.4, 0.5) is 5.69 Å². The van der Waals surface area contributed by atoms with E-state index in [9.17, 15) is 4.79 Å². The maximum absolute atomic E-state index is 10.9. The Morgan fingerprint density at radius 3 is 2.54 bits per heavy atom. The van der Waals surface area contributed by atoms with Crippen molar-refractivity contribution >= 4 is 35.7 Å². The molecule has 3 N–H and O–H groups in total. The van der Waals surface area contributed by atoms with Gasteiger partial charge < -0.3 is 15.7 Å². The highest BCUT2D eigenvalue weighted by Crippen LogP contribution is 2.31. The number of carboxylic acids is 1. The largest absolute Gasteiger partial charge is 0.478 e. The molecule has 3 rings (SSSR count). The molecule has 0 saturated heterocycles. The summed E-state index contributed by atoms with van der Waals surface area (Å²) in [5.74, 6) is -0.909. The SMILES string of the molecule is Cl.O=C(O)c1ccc(CNc2c(Cl)ccc3c2CCNCC3)cc1. The molecule has 0 atom stereocenters. The average molecular weight is 367 g/mol. The smallest absolute Gasteiger partial charge is 0.335 e. The van der Waals surface area contributed by atoms with Crippen molar-refractivity contribution in [1.82, 2.24) is 5.32 Å². The van der Waals surface area contributed by atoms with E-state index in [-0.39, 0.29) is 12.4 Å². The fraction of sp³-hybridized carbons (Fsp3) is 0.278. The maximum atomic E-state index is 10.9. The fourth-order valence-corrected chi connectivity index (χ4v) is 3.13. The van der Waals surface area contributed by atoms with Gasteiger partial charge in [-0.05, 0) is 60.8 Å². The number of carboxylic acid groups (broad SMARTS) is 1. The number of hydrogen-bond acceptors (Lipinski definition) is 3. The van der Waals surface area contributed by atoms with Crippen molar-refractivity contribution in [3.8, 4) is 0 Å². The number of halogens is 2. The molecule has 1 aliphatic heterocycles. The third kappa shape index (κ3) is 4.20. The summed E-state index contributed by atoms with van der Waals surface area (Å²) in [6.45, 7) is 2.56. The lowest BCUT2D eigenvalue weighted by molar-refractivity contribution is 0.0697. The van der Waals surface area contributed by atoms with Crippen LogP contribution in [0.15, 0.2) is 36.4 Å². The van der Waals surface area contributed by atoms with Crippen LogP contribution in [0.2, 0.25) is 5.02 Å². The van der Waals surface area contributed by atoms with Crippen LogP contribution in [0.25, 0.3) is 0 Å². The van der Waals surface area contributed by atoms with Crippen LogP contribution in [0, 0.1) is 0 Å². The molecule has 0 bridgehead atoms. The quantitative estimate of drug-likeness (QED) is 0.770. The Morgan fingerprint density at radius 2 is 1.83 bits per heavy atom. The first-order valence-corrected chi connectivity index (χ1v) is 8.10. The second-order valence-electron chi connectivity index (χ2n) is 5.67. The topological polar surface area (TPSA) is 61.4 Å². The predicted octanol–water partition coefficient (Wildman–Crippen LogP) is 3.76. The Morgan fingerprint density at radius 1 is 1.12 bits per heavy atom. The average Bonchev–Trinajstić information content (AvgIpc) is 2.80. The number of fused-ring (bicyclic) bond motifs is 1. The normalized spacial score (nSPS) is 13.4. The molecule has 2 aromatic carbocycles. The van der Waals surface area contributed by atoms with Gasteiger partial charge in [-0.2, -0.15) is 0 Å². The van der Waals surface area contributed by atoms with E-state index < -0.39 is 5.97 Å². The van der Waals surface area contributed by atoms with Gasteiger partial charge in [0.05, 0.1) is 16.3 Å². The number of nitrogens with one attached hydrogen (secondary N) is 2. The second kappa shape index (κ2) is 8.38. The zero-order chi connectivity index (χ0) is 16.2. The van der Waals surface area contributed by atoms with E-state index in [0.717, 1.165) is 42.2 Å². The minimum atomic E-state index is -0.909. The third-order valence-electron chi connectivity index (χ3n) is 4.15. The van der Waals surface area contributed by atoms with Crippen LogP contribution in [0.5, 0.6) is 0 Å². The standard InChI is InChI=1S/C18H19ClN2O2.ClH/c19-16-6-5-13-7-9-20-10-8-15(13)17(16)21-11-12-1-3-14(4-2-12)18(22)23;/h1-6,20-21H,7-11H2,(H,22,23);1H. The summed E-state index contributed by atoms with van der Waals surface area (Å²) < 4.78 is 0. The number of rotatable bonds is 4. The number of carbonyl (C=O) groups is 1. The van der Waals surface area contributed by atoms with Gasteiger partial charge in [0.25, 0.3) is 0 Å². The van der Waals surface area contributed by atoms with E-state index in [1.807, 2.05) is 18.2 Å². The zero-order valence-electron chi connectivity index (χ0n) is 13.1. The van der Waals surface area contributed by atoms with Crippen molar-refractivity contribution < 1.29 is 9.90 Å². The van der Waals surface area contributed by atoms with E-state index in [4.69, 9.17) is 16.7 Å². The van der Waals surface area contributed by atoms with E-state index in [0.29, 0.717) is 12.1 Å². The van der Waals surface area contributed by atoms with Gasteiger partial charge in [0.2, 0.25) is 0 Å². The Kier molecular flexibility index (Phi) is 6.49. The molecule has 6 heteroatoms. The first-order chi connectivity index (χ1) is 11.1. The summed E-state index contributed by atoms with van der Waals surface area (Å²) >= 11 is 6.39. The Balaban J connectivity index is 0.00000208. The Bertz CT molecular complexity index is 718. The van der Waals surface area contributed by atoms with Crippen molar-refractivity contribution in [2.75, 3.05) is 18.4 Å². The molecule has 0 aromatic heterocycles. The summed E-state index contributed by atoms with van der Waals surface area (Å²) in [5, 5.41) is 16.5. The van der Waals surface area contributed by atoms with E-state index in [2.05, 4.69) is 16.7 Å². The first kappa shape index (κ1) is 18.6. The molecular weight excluding hydrogens is 347 g/mol. The van der Waals surface area contributed by atoms with E-state index in [1.165, 1.54) is 11.1 Å². The van der Waals surface area contributed by atoms with E-state index >= 15 is 0 Å². The second-order valence-corrected chi connectivity index (χ2v) is 6.07. The van der Waals surface area contributed by atoms with Gasteiger partial charge in [0.1, 0.15) is 0 Å². The van der Waals surface area contributed by atoms with Crippen molar-refractivity contribution in [1.29, 1.82) is 0 Å². The van der Waals surface area contributed by atoms with Crippen LogP contribution in [-0.2, 0) is 19.4 Å². The number of anilines is 1. The lowest BCUT2D eigenvalue weighted by atomic mass is 10.0. The van der Waals surface area contributed by atoms with Crippen molar-refractivity contribution in [3.63, 3.8) is 0 Å². The summed E-state index contributed by atoms with van der Waals surface area (Å²) in [7, 11) is 0. The molecular formula is C18H20Cl2N2O2. The third-order valence-corrected chi connectivity index (χ3v) is 4.47. The number of hydrogen-bond donors (Lipinski definition) is 3. The van der Waals surface area contributed by atoms with Crippen LogP contribution >= 0.6 is 24.0 Å². The molecule has 0 aliphatic carbocycles. The summed E-state index contributed by atoms with van der Waals surface area (Å²) in [6.07, 6.45) is 1.96. The zero-order valence-corrected chi connectivity index (χ0v) is 14.7. The van der Waals surface area contributed by atoms with Crippen molar-refractivity contribution in [2.45, 2.75) is 19.4 Å². The molecule has 24 heavy (non-hydrogen) atoms. The van der Waals surface area contributed by atoms with Crippen molar-refractivity contribution in [2.24, 2.45) is 0 Å². The first-order valence-electron chi connectivity index (χ1n) is 7.72. The van der Waals surface area contributed by atoms with Crippen LogP contribution in [0.3, 0.4) is 0 Å². The van der Waals surface area contributed by atoms with E-state index in [1.54, 1.807) is 12.1 Å². The number of aromatic carboxylic acids is 1. The molecule has 2 aromatic rings. The van der Waals surface area contributed by atoms with Gasteiger partial charge in [-0.1, -0.05) is 29.8 Å². The molecule has 1 aliphatic rings. The molecule has 0 saturated carbocycles. The van der Waals surface area contributed by atoms with Crippen LogP contribution in [0.1, 0.15) is 27.0 Å². The molecule has 0 amide bonds. The molecule has 4 nitrogen and oxygen atoms in total. The van der Waals surface area contributed by atoms with Gasteiger partial charge in [0.15, 0.2) is 0 Å². The van der Waals surface area contributed by atoms with Crippen LogP contribution < -0.4 is 10.6 Å². The molecule has 0 unspecified atom stereocenters.